The molecule has 9 heteroatoms. The van der Waals surface area contributed by atoms with Crippen LogP contribution >= 0.6 is 0 Å². The Morgan fingerprint density at radius 2 is 1.92 bits per heavy atom. The second kappa shape index (κ2) is 8.48. The number of amides is 2. The number of carbonyl (C=O) groups excluding carboxylic acids is 2. The first kappa shape index (κ1) is 18.0. The minimum atomic E-state index is -0.736. The van der Waals surface area contributed by atoms with E-state index in [0.717, 1.165) is 6.20 Å². The van der Waals surface area contributed by atoms with E-state index in [9.17, 15) is 19.2 Å². The average Bonchev–Trinajstić information content (AvgIpc) is 2.58. The van der Waals surface area contributed by atoms with Crippen LogP contribution in [0.1, 0.15) is 24.9 Å². The van der Waals surface area contributed by atoms with Crippen molar-refractivity contribution >= 4 is 17.7 Å². The number of nitrogens with one attached hydrogen (secondary N) is 4. The number of aromatic amines is 2. The van der Waals surface area contributed by atoms with Gasteiger partial charge in [-0.05, 0) is 12.5 Å². The van der Waals surface area contributed by atoms with Crippen molar-refractivity contribution in [1.29, 1.82) is 0 Å². The molecule has 2 amide bonds. The van der Waals surface area contributed by atoms with Gasteiger partial charge in [-0.1, -0.05) is 30.3 Å². The van der Waals surface area contributed by atoms with Crippen LogP contribution in [-0.2, 0) is 9.53 Å². The minimum Gasteiger partial charge on any atom is -0.466 e. The number of carbonyl (C=O) groups is 2. The first-order valence-corrected chi connectivity index (χ1v) is 7.59. The Morgan fingerprint density at radius 3 is 2.56 bits per heavy atom. The molecule has 25 heavy (non-hydrogen) atoms. The van der Waals surface area contributed by atoms with Crippen molar-refractivity contribution in [2.75, 3.05) is 11.9 Å². The maximum absolute atomic E-state index is 12.2. The third-order valence-electron chi connectivity index (χ3n) is 3.25. The lowest BCUT2D eigenvalue weighted by atomic mass is 10.0. The molecule has 132 valence electrons. The average molecular weight is 346 g/mol. The van der Waals surface area contributed by atoms with Crippen LogP contribution in [0.3, 0.4) is 0 Å². The number of benzene rings is 1. The Kier molecular flexibility index (Phi) is 6.10. The Morgan fingerprint density at radius 1 is 1.20 bits per heavy atom. The van der Waals surface area contributed by atoms with Crippen LogP contribution in [0.2, 0.25) is 0 Å². The van der Waals surface area contributed by atoms with Gasteiger partial charge < -0.3 is 20.4 Å². The molecule has 0 saturated heterocycles. The van der Waals surface area contributed by atoms with E-state index in [-0.39, 0.29) is 18.7 Å². The van der Waals surface area contributed by atoms with Crippen LogP contribution in [0.25, 0.3) is 0 Å². The lowest BCUT2D eigenvalue weighted by Crippen LogP contribution is -2.36. The number of esters is 1. The molecule has 4 N–H and O–H groups in total. The first-order chi connectivity index (χ1) is 12.0. The number of ether oxygens (including phenoxy) is 1. The monoisotopic (exact) mass is 346 g/mol. The quantitative estimate of drug-likeness (QED) is 0.576. The third-order valence-corrected chi connectivity index (χ3v) is 3.25. The Labute approximate surface area is 142 Å². The van der Waals surface area contributed by atoms with Crippen molar-refractivity contribution in [3.8, 4) is 0 Å². The van der Waals surface area contributed by atoms with Crippen molar-refractivity contribution in [2.24, 2.45) is 0 Å². The van der Waals surface area contributed by atoms with E-state index in [4.69, 9.17) is 4.74 Å². The minimum absolute atomic E-state index is 0.0622. The molecule has 0 aliphatic rings. The molecule has 0 aliphatic carbocycles. The van der Waals surface area contributed by atoms with Crippen molar-refractivity contribution < 1.29 is 14.3 Å². The van der Waals surface area contributed by atoms with E-state index >= 15 is 0 Å². The predicted molar refractivity (Wildman–Crippen MR) is 90.3 cm³/mol. The highest BCUT2D eigenvalue weighted by Gasteiger charge is 2.19. The maximum Gasteiger partial charge on any atom is 0.325 e. The summed E-state index contributed by atoms with van der Waals surface area (Å²) >= 11 is 0. The van der Waals surface area contributed by atoms with Gasteiger partial charge in [0.05, 0.1) is 19.1 Å². The highest BCUT2D eigenvalue weighted by atomic mass is 16.5. The van der Waals surface area contributed by atoms with Gasteiger partial charge in [-0.25, -0.2) is 9.59 Å². The van der Waals surface area contributed by atoms with Crippen LogP contribution < -0.4 is 21.9 Å². The van der Waals surface area contributed by atoms with Crippen molar-refractivity contribution in [3.05, 3.63) is 62.9 Å². The van der Waals surface area contributed by atoms with Crippen LogP contribution in [0.5, 0.6) is 0 Å². The van der Waals surface area contributed by atoms with Gasteiger partial charge in [0, 0.05) is 6.20 Å². The van der Waals surface area contributed by atoms with Crippen LogP contribution in [0, 0.1) is 0 Å². The molecular formula is C16H18N4O5. The normalized spacial score (nSPS) is 11.4. The van der Waals surface area contributed by atoms with Gasteiger partial charge in [0.1, 0.15) is 5.69 Å². The number of rotatable bonds is 6. The number of hydrogen-bond acceptors (Lipinski definition) is 5. The fourth-order valence-electron chi connectivity index (χ4n) is 2.14. The number of hydrogen-bond donors (Lipinski definition) is 4. The van der Waals surface area contributed by atoms with E-state index in [1.165, 1.54) is 0 Å². The summed E-state index contributed by atoms with van der Waals surface area (Å²) in [5.41, 5.74) is -0.831. The van der Waals surface area contributed by atoms with Gasteiger partial charge in [0.2, 0.25) is 0 Å². The van der Waals surface area contributed by atoms with Gasteiger partial charge in [0.15, 0.2) is 0 Å². The van der Waals surface area contributed by atoms with Gasteiger partial charge in [-0.2, -0.15) is 0 Å². The van der Waals surface area contributed by atoms with E-state index < -0.39 is 29.3 Å². The topological polar surface area (TPSA) is 133 Å². The molecule has 9 nitrogen and oxygen atoms in total. The Hall–Kier alpha value is -3.36. The number of aromatic nitrogens is 2. The molecule has 0 fully saturated rings. The molecule has 1 atom stereocenters. The van der Waals surface area contributed by atoms with Gasteiger partial charge in [-0.15, -0.1) is 0 Å². The largest absolute Gasteiger partial charge is 0.466 e. The second-order valence-electron chi connectivity index (χ2n) is 5.06. The smallest absolute Gasteiger partial charge is 0.325 e. The van der Waals surface area contributed by atoms with E-state index in [2.05, 4.69) is 15.6 Å². The van der Waals surface area contributed by atoms with Gasteiger partial charge in [-0.3, -0.25) is 14.6 Å². The van der Waals surface area contributed by atoms with Crippen molar-refractivity contribution in [3.63, 3.8) is 0 Å². The highest BCUT2D eigenvalue weighted by molar-refractivity contribution is 5.89. The Bertz CT molecular complexity index is 843. The third kappa shape index (κ3) is 5.34. The zero-order valence-corrected chi connectivity index (χ0v) is 13.5. The van der Waals surface area contributed by atoms with Crippen LogP contribution in [0.4, 0.5) is 10.5 Å². The molecule has 0 aliphatic heterocycles. The predicted octanol–water partition coefficient (Wildman–Crippen LogP) is 0.879. The summed E-state index contributed by atoms with van der Waals surface area (Å²) in [7, 11) is 0. The number of H-pyrrole nitrogens is 2. The van der Waals surface area contributed by atoms with Gasteiger partial charge in [0.25, 0.3) is 5.56 Å². The van der Waals surface area contributed by atoms with E-state index in [0.29, 0.717) is 5.56 Å². The number of urea groups is 1. The molecule has 0 saturated carbocycles. The summed E-state index contributed by atoms with van der Waals surface area (Å²) in [6.45, 7) is 1.93. The maximum atomic E-state index is 12.2. The fourth-order valence-corrected chi connectivity index (χ4v) is 2.14. The molecule has 2 rings (SSSR count). The zero-order chi connectivity index (χ0) is 18.2. The zero-order valence-electron chi connectivity index (χ0n) is 13.5. The van der Waals surface area contributed by atoms with Crippen molar-refractivity contribution in [1.82, 2.24) is 15.3 Å². The second-order valence-corrected chi connectivity index (χ2v) is 5.06. The summed E-state index contributed by atoms with van der Waals surface area (Å²) in [6.07, 6.45) is 1.02. The van der Waals surface area contributed by atoms with Crippen LogP contribution in [-0.4, -0.2) is 28.6 Å². The molecule has 0 unspecified atom stereocenters. The SMILES string of the molecule is CCOC(=O)C[C@H](NC(=O)Nc1c[nH]c(=O)[nH]c1=O)c1ccccc1. The standard InChI is InChI=1S/C16H18N4O5/c1-2-25-13(21)8-11(10-6-4-3-5-7-10)18-16(24)19-12-9-17-15(23)20-14(12)22/h3-7,9,11H,2,8H2,1H3,(H2,18,19,24)(H2,17,20,22,23)/t11-/m0/s1. The molecule has 1 aromatic heterocycles. The van der Waals surface area contributed by atoms with Gasteiger partial charge >= 0.3 is 17.7 Å². The lowest BCUT2D eigenvalue weighted by Gasteiger charge is -2.18. The van der Waals surface area contributed by atoms with Crippen LogP contribution in [0.15, 0.2) is 46.1 Å². The van der Waals surface area contributed by atoms with E-state index in [1.807, 2.05) is 11.1 Å². The molecule has 0 radical (unpaired) electrons. The summed E-state index contributed by atoms with van der Waals surface area (Å²) in [5.74, 6) is -0.460. The molecule has 2 aromatic rings. The first-order valence-electron chi connectivity index (χ1n) is 7.59. The molecule has 0 bridgehead atoms. The van der Waals surface area contributed by atoms with E-state index in [1.54, 1.807) is 31.2 Å². The van der Waals surface area contributed by atoms with Crippen molar-refractivity contribution in [2.45, 2.75) is 19.4 Å². The Balaban J connectivity index is 2.12. The summed E-state index contributed by atoms with van der Waals surface area (Å²) in [5, 5.41) is 4.94. The molecule has 1 aromatic carbocycles. The molecule has 0 spiro atoms. The lowest BCUT2D eigenvalue weighted by molar-refractivity contribution is -0.143. The molecular weight excluding hydrogens is 328 g/mol. The fraction of sp³-hybridized carbons (Fsp3) is 0.250. The summed E-state index contributed by atoms with van der Waals surface area (Å²) in [6, 6.07) is 7.55. The summed E-state index contributed by atoms with van der Waals surface area (Å²) < 4.78 is 4.92. The molecule has 1 heterocycles. The number of anilines is 1. The highest BCUT2D eigenvalue weighted by Crippen LogP contribution is 2.17. The summed E-state index contributed by atoms with van der Waals surface area (Å²) in [4.78, 5) is 50.8.